The smallest absolute Gasteiger partial charge is 0.242 e. The van der Waals surface area contributed by atoms with Crippen molar-refractivity contribution in [3.8, 4) is 0 Å². The molecule has 1 saturated heterocycles. The molecule has 0 radical (unpaired) electrons. The number of rotatable bonds is 3. The number of piperidine rings is 1. The lowest BCUT2D eigenvalue weighted by molar-refractivity contribution is -0.120. The largest absolute Gasteiger partial charge is 0.323 e. The van der Waals surface area contributed by atoms with Gasteiger partial charge < -0.3 is 5.32 Å². The van der Waals surface area contributed by atoms with Crippen molar-refractivity contribution in [2.75, 3.05) is 18.1 Å². The van der Waals surface area contributed by atoms with Crippen molar-refractivity contribution in [3.05, 3.63) is 28.2 Å². The van der Waals surface area contributed by atoms with Crippen LogP contribution in [0.4, 0.5) is 5.69 Å². The van der Waals surface area contributed by atoms with E-state index in [1.807, 2.05) is 0 Å². The molecular formula is C13H16Cl2N2O3S. The first-order valence-electron chi connectivity index (χ1n) is 6.52. The van der Waals surface area contributed by atoms with Gasteiger partial charge in [-0.05, 0) is 31.0 Å². The number of hydrogen-bond donors (Lipinski definition) is 1. The van der Waals surface area contributed by atoms with Gasteiger partial charge in [0.2, 0.25) is 15.9 Å². The Kier molecular flexibility index (Phi) is 5.14. The highest BCUT2D eigenvalue weighted by Gasteiger charge is 2.34. The summed E-state index contributed by atoms with van der Waals surface area (Å²) in [7, 11) is -3.42. The standard InChI is InChI=1S/C13H16Cl2N2O3S/c1-21(19,20)17-7-3-2-4-12(17)13(18)16-11-8-9(14)5-6-10(11)15/h5-6,8,12H,2-4,7H2,1H3,(H,16,18). The van der Waals surface area contributed by atoms with Crippen LogP contribution in [0.5, 0.6) is 0 Å². The molecule has 8 heteroatoms. The lowest BCUT2D eigenvalue weighted by atomic mass is 10.0. The zero-order chi connectivity index (χ0) is 15.6. The van der Waals surface area contributed by atoms with E-state index in [0.717, 1.165) is 19.1 Å². The van der Waals surface area contributed by atoms with Crippen LogP contribution >= 0.6 is 23.2 Å². The Labute approximate surface area is 134 Å². The monoisotopic (exact) mass is 350 g/mol. The Morgan fingerprint density at radius 3 is 2.71 bits per heavy atom. The predicted octanol–water partition coefficient (Wildman–Crippen LogP) is 2.75. The summed E-state index contributed by atoms with van der Waals surface area (Å²) in [6, 6.07) is 4.02. The number of sulfonamides is 1. The summed E-state index contributed by atoms with van der Waals surface area (Å²) in [6.45, 7) is 0.361. The Hall–Kier alpha value is -0.820. The third-order valence-electron chi connectivity index (χ3n) is 3.37. The van der Waals surface area contributed by atoms with Gasteiger partial charge in [0, 0.05) is 11.6 Å². The minimum Gasteiger partial charge on any atom is -0.323 e. The highest BCUT2D eigenvalue weighted by atomic mass is 35.5. The zero-order valence-electron chi connectivity index (χ0n) is 11.5. The maximum atomic E-state index is 12.4. The minimum atomic E-state index is -3.42. The van der Waals surface area contributed by atoms with Gasteiger partial charge in [0.15, 0.2) is 0 Å². The third kappa shape index (κ3) is 4.10. The molecule has 21 heavy (non-hydrogen) atoms. The number of carbonyl (C=O) groups excluding carboxylic acids is 1. The van der Waals surface area contributed by atoms with Gasteiger partial charge in [-0.15, -0.1) is 0 Å². The second-order valence-electron chi connectivity index (χ2n) is 5.00. The first-order valence-corrected chi connectivity index (χ1v) is 9.12. The maximum Gasteiger partial charge on any atom is 0.242 e. The van der Waals surface area contributed by atoms with Crippen LogP contribution in [0, 0.1) is 0 Å². The second kappa shape index (κ2) is 6.52. The van der Waals surface area contributed by atoms with E-state index in [4.69, 9.17) is 23.2 Å². The van der Waals surface area contributed by atoms with Crippen LogP contribution in [0.15, 0.2) is 18.2 Å². The van der Waals surface area contributed by atoms with E-state index in [2.05, 4.69) is 5.32 Å². The van der Waals surface area contributed by atoms with Gasteiger partial charge in [-0.2, -0.15) is 4.31 Å². The van der Waals surface area contributed by atoms with Crippen LogP contribution in [0.1, 0.15) is 19.3 Å². The summed E-state index contributed by atoms with van der Waals surface area (Å²) in [5, 5.41) is 3.46. The molecule has 2 rings (SSSR count). The molecule has 0 bridgehead atoms. The van der Waals surface area contributed by atoms with Gasteiger partial charge in [-0.1, -0.05) is 29.6 Å². The summed E-state index contributed by atoms with van der Waals surface area (Å²) in [4.78, 5) is 12.4. The fourth-order valence-corrected chi connectivity index (χ4v) is 3.83. The number of halogens is 2. The molecule has 1 amide bonds. The number of carbonyl (C=O) groups is 1. The number of amides is 1. The molecule has 1 aromatic carbocycles. The fourth-order valence-electron chi connectivity index (χ4n) is 2.37. The van der Waals surface area contributed by atoms with Crippen molar-refractivity contribution in [1.29, 1.82) is 0 Å². The van der Waals surface area contributed by atoms with Gasteiger partial charge in [-0.3, -0.25) is 4.79 Å². The van der Waals surface area contributed by atoms with Crippen LogP contribution in [-0.2, 0) is 14.8 Å². The van der Waals surface area contributed by atoms with E-state index in [1.54, 1.807) is 12.1 Å². The van der Waals surface area contributed by atoms with Crippen molar-refractivity contribution in [3.63, 3.8) is 0 Å². The Morgan fingerprint density at radius 2 is 2.05 bits per heavy atom. The van der Waals surface area contributed by atoms with E-state index in [9.17, 15) is 13.2 Å². The maximum absolute atomic E-state index is 12.4. The van der Waals surface area contributed by atoms with Crippen LogP contribution in [0.25, 0.3) is 0 Å². The SMILES string of the molecule is CS(=O)(=O)N1CCCCC1C(=O)Nc1cc(Cl)ccc1Cl. The van der Waals surface area contributed by atoms with Gasteiger partial charge in [0.05, 0.1) is 17.0 Å². The second-order valence-corrected chi connectivity index (χ2v) is 7.78. The molecule has 0 aliphatic carbocycles. The molecule has 0 aromatic heterocycles. The summed E-state index contributed by atoms with van der Waals surface area (Å²) in [5.74, 6) is -0.385. The van der Waals surface area contributed by atoms with E-state index in [-0.39, 0.29) is 5.91 Å². The molecule has 1 aliphatic rings. The average Bonchev–Trinajstić information content (AvgIpc) is 2.42. The first kappa shape index (κ1) is 16.5. The van der Waals surface area contributed by atoms with Crippen LogP contribution in [-0.4, -0.2) is 37.5 Å². The Bertz CT molecular complexity index is 649. The predicted molar refractivity (Wildman–Crippen MR) is 84.3 cm³/mol. The molecule has 1 heterocycles. The van der Waals surface area contributed by atoms with E-state index in [1.165, 1.54) is 10.4 Å². The number of nitrogens with zero attached hydrogens (tertiary/aromatic N) is 1. The highest BCUT2D eigenvalue weighted by Crippen LogP contribution is 2.27. The van der Waals surface area contributed by atoms with Crippen molar-refractivity contribution in [2.24, 2.45) is 0 Å². The lowest BCUT2D eigenvalue weighted by Gasteiger charge is -2.32. The van der Waals surface area contributed by atoms with Crippen LogP contribution in [0.2, 0.25) is 10.0 Å². The first-order chi connectivity index (χ1) is 9.79. The molecule has 1 unspecified atom stereocenters. The average molecular weight is 351 g/mol. The Balaban J connectivity index is 2.20. The van der Waals surface area contributed by atoms with Crippen molar-refractivity contribution < 1.29 is 13.2 Å². The van der Waals surface area contributed by atoms with Gasteiger partial charge in [0.1, 0.15) is 6.04 Å². The molecule has 1 aromatic rings. The Morgan fingerprint density at radius 1 is 1.33 bits per heavy atom. The van der Waals surface area contributed by atoms with E-state index < -0.39 is 16.1 Å². The fraction of sp³-hybridized carbons (Fsp3) is 0.462. The van der Waals surface area contributed by atoms with E-state index >= 15 is 0 Å². The number of hydrogen-bond acceptors (Lipinski definition) is 3. The highest BCUT2D eigenvalue weighted by molar-refractivity contribution is 7.88. The summed E-state index contributed by atoms with van der Waals surface area (Å²) < 4.78 is 24.8. The van der Waals surface area contributed by atoms with Crippen LogP contribution < -0.4 is 5.32 Å². The zero-order valence-corrected chi connectivity index (χ0v) is 13.8. The molecule has 1 N–H and O–H groups in total. The van der Waals surface area contributed by atoms with Gasteiger partial charge in [0.25, 0.3) is 0 Å². The topological polar surface area (TPSA) is 66.5 Å². The number of nitrogens with one attached hydrogen (secondary N) is 1. The van der Waals surface area contributed by atoms with E-state index in [0.29, 0.717) is 28.7 Å². The molecule has 116 valence electrons. The summed E-state index contributed by atoms with van der Waals surface area (Å²) in [5.41, 5.74) is 0.383. The summed E-state index contributed by atoms with van der Waals surface area (Å²) in [6.07, 6.45) is 3.18. The molecule has 0 spiro atoms. The van der Waals surface area contributed by atoms with Crippen LogP contribution in [0.3, 0.4) is 0 Å². The lowest BCUT2D eigenvalue weighted by Crippen LogP contribution is -2.49. The van der Waals surface area contributed by atoms with Crippen molar-refractivity contribution >= 4 is 44.8 Å². The summed E-state index contributed by atoms with van der Waals surface area (Å²) >= 11 is 11.9. The molecule has 1 fully saturated rings. The quantitative estimate of drug-likeness (QED) is 0.911. The van der Waals surface area contributed by atoms with Crippen molar-refractivity contribution in [1.82, 2.24) is 4.31 Å². The van der Waals surface area contributed by atoms with Crippen molar-refractivity contribution in [2.45, 2.75) is 25.3 Å². The molecular weight excluding hydrogens is 335 g/mol. The minimum absolute atomic E-state index is 0.356. The third-order valence-corrected chi connectivity index (χ3v) is 5.22. The molecule has 0 saturated carbocycles. The van der Waals surface area contributed by atoms with Gasteiger partial charge in [-0.25, -0.2) is 8.42 Å². The number of anilines is 1. The molecule has 1 aliphatic heterocycles. The molecule has 1 atom stereocenters. The number of benzene rings is 1. The molecule has 5 nitrogen and oxygen atoms in total. The van der Waals surface area contributed by atoms with Gasteiger partial charge >= 0.3 is 0 Å². The normalized spacial score (nSPS) is 20.2.